The van der Waals surface area contributed by atoms with Gasteiger partial charge in [0.2, 0.25) is 11.8 Å². The van der Waals surface area contributed by atoms with E-state index in [1.54, 1.807) is 0 Å². The zero-order valence-corrected chi connectivity index (χ0v) is 17.9. The molecule has 12 heteroatoms. The van der Waals surface area contributed by atoms with Crippen molar-refractivity contribution in [1.29, 1.82) is 0 Å². The fourth-order valence-corrected chi connectivity index (χ4v) is 4.22. The van der Waals surface area contributed by atoms with Crippen LogP contribution in [-0.2, 0) is 16.1 Å². The molecule has 0 aromatic heterocycles. The Balaban J connectivity index is 1.59. The molecule has 0 radical (unpaired) electrons. The van der Waals surface area contributed by atoms with E-state index >= 15 is 4.39 Å². The van der Waals surface area contributed by atoms with Crippen LogP contribution in [0.15, 0.2) is 36.4 Å². The number of rotatable bonds is 5. The number of amides is 4. The van der Waals surface area contributed by atoms with Crippen LogP contribution in [0.1, 0.15) is 57.1 Å². The van der Waals surface area contributed by atoms with E-state index in [9.17, 15) is 36.7 Å². The van der Waals surface area contributed by atoms with Crippen LogP contribution in [0, 0.1) is 11.6 Å². The molecule has 35 heavy (non-hydrogen) atoms. The summed E-state index contributed by atoms with van der Waals surface area (Å²) in [5, 5.41) is 4.21. The number of nitrogens with zero attached hydrogens (tertiary/aromatic N) is 1. The van der Waals surface area contributed by atoms with Crippen LogP contribution in [0.25, 0.3) is 0 Å². The van der Waals surface area contributed by atoms with E-state index in [4.69, 9.17) is 0 Å². The van der Waals surface area contributed by atoms with Gasteiger partial charge in [-0.15, -0.1) is 0 Å². The van der Waals surface area contributed by atoms with Crippen molar-refractivity contribution < 1.29 is 41.1 Å². The summed E-state index contributed by atoms with van der Waals surface area (Å²) in [5.74, 6) is -4.98. The Kier molecular flexibility index (Phi) is 6.30. The molecule has 4 rings (SSSR count). The molecule has 1 fully saturated rings. The van der Waals surface area contributed by atoms with Crippen LogP contribution in [0.5, 0.6) is 0 Å². The molecule has 0 spiro atoms. The molecule has 0 saturated carbocycles. The van der Waals surface area contributed by atoms with E-state index in [2.05, 4.69) is 10.6 Å². The summed E-state index contributed by atoms with van der Waals surface area (Å²) in [5.41, 5.74) is -1.05. The molecule has 2 heterocycles. The number of piperidine rings is 1. The molecule has 1 saturated heterocycles. The molecule has 7 nitrogen and oxygen atoms in total. The van der Waals surface area contributed by atoms with E-state index in [0.717, 1.165) is 29.2 Å². The highest BCUT2D eigenvalue weighted by molar-refractivity contribution is 6.06. The monoisotopic (exact) mass is 495 g/mol. The van der Waals surface area contributed by atoms with Crippen molar-refractivity contribution in [1.82, 2.24) is 15.5 Å². The third-order valence-corrected chi connectivity index (χ3v) is 5.89. The summed E-state index contributed by atoms with van der Waals surface area (Å²) in [7, 11) is 0. The number of hydrogen-bond acceptors (Lipinski definition) is 4. The minimum Gasteiger partial charge on any atom is -0.345 e. The lowest BCUT2D eigenvalue weighted by atomic mass is 10.0. The van der Waals surface area contributed by atoms with Crippen molar-refractivity contribution in [3.8, 4) is 0 Å². The Morgan fingerprint density at radius 2 is 1.89 bits per heavy atom. The fraction of sp³-hybridized carbons (Fsp3) is 0.304. The number of halogens is 5. The largest absolute Gasteiger partial charge is 0.391 e. The van der Waals surface area contributed by atoms with E-state index < -0.39 is 65.5 Å². The first-order valence-corrected chi connectivity index (χ1v) is 10.5. The molecule has 184 valence electrons. The average Bonchev–Trinajstić information content (AvgIpc) is 3.10. The maximum absolute atomic E-state index is 15.3. The van der Waals surface area contributed by atoms with Gasteiger partial charge < -0.3 is 10.2 Å². The maximum Gasteiger partial charge on any atom is 0.391 e. The number of hydrogen-bond donors (Lipinski definition) is 2. The van der Waals surface area contributed by atoms with Gasteiger partial charge in [0.25, 0.3) is 11.8 Å². The van der Waals surface area contributed by atoms with E-state index in [1.807, 2.05) is 0 Å². The van der Waals surface area contributed by atoms with Crippen LogP contribution in [0.2, 0.25) is 0 Å². The Morgan fingerprint density at radius 1 is 1.14 bits per heavy atom. The Labute approximate surface area is 195 Å². The van der Waals surface area contributed by atoms with Gasteiger partial charge in [-0.25, -0.2) is 8.78 Å². The first-order chi connectivity index (χ1) is 16.4. The van der Waals surface area contributed by atoms with Gasteiger partial charge in [-0.05, 0) is 36.2 Å². The van der Waals surface area contributed by atoms with Gasteiger partial charge >= 0.3 is 6.18 Å². The standard InChI is InChI=1S/C23H18F5N3O4/c24-12-3-1-2-11(8-12)16(9-23(26,27)28)29-20(33)14-5-4-13-15(19(14)25)10-31(22(13)35)17-6-7-18(32)30-21(17)34/h1-5,8,16-17H,6-7,9-10H2,(H,29,33)(H,30,32,34)/t16-,17?/m0/s1. The van der Waals surface area contributed by atoms with Gasteiger partial charge in [0.15, 0.2) is 0 Å². The Hall–Kier alpha value is -3.83. The van der Waals surface area contributed by atoms with Crippen molar-refractivity contribution in [2.45, 2.75) is 44.1 Å². The summed E-state index contributed by atoms with van der Waals surface area (Å²) >= 11 is 0. The van der Waals surface area contributed by atoms with Gasteiger partial charge in [-0.2, -0.15) is 13.2 Å². The van der Waals surface area contributed by atoms with Crippen LogP contribution >= 0.6 is 0 Å². The minimum atomic E-state index is -4.71. The van der Waals surface area contributed by atoms with E-state index in [0.29, 0.717) is 0 Å². The third kappa shape index (κ3) is 5.00. The third-order valence-electron chi connectivity index (χ3n) is 5.89. The van der Waals surface area contributed by atoms with Crippen LogP contribution in [-0.4, -0.2) is 40.7 Å². The number of imide groups is 1. The number of carbonyl (C=O) groups excluding carboxylic acids is 4. The minimum absolute atomic E-state index is 0.00660. The molecular formula is C23H18F5N3O4. The Bertz CT molecular complexity index is 1230. The smallest absolute Gasteiger partial charge is 0.345 e. The fourth-order valence-electron chi connectivity index (χ4n) is 4.22. The van der Waals surface area contributed by atoms with E-state index in [-0.39, 0.29) is 36.1 Å². The molecule has 1 unspecified atom stereocenters. The number of nitrogens with one attached hydrogen (secondary N) is 2. The summed E-state index contributed by atoms with van der Waals surface area (Å²) < 4.78 is 68.2. The van der Waals surface area contributed by atoms with Crippen LogP contribution in [0.3, 0.4) is 0 Å². The zero-order valence-electron chi connectivity index (χ0n) is 17.9. The molecule has 2 aliphatic heterocycles. The first kappa shape index (κ1) is 24.3. The van der Waals surface area contributed by atoms with Crippen molar-refractivity contribution in [3.63, 3.8) is 0 Å². The van der Waals surface area contributed by atoms with Gasteiger partial charge in [-0.1, -0.05) is 12.1 Å². The van der Waals surface area contributed by atoms with Crippen LogP contribution in [0.4, 0.5) is 22.0 Å². The Morgan fingerprint density at radius 3 is 2.54 bits per heavy atom. The lowest BCUT2D eigenvalue weighted by Crippen LogP contribution is -2.52. The predicted molar refractivity (Wildman–Crippen MR) is 110 cm³/mol. The molecule has 2 N–H and O–H groups in total. The van der Waals surface area contributed by atoms with Gasteiger partial charge in [0, 0.05) is 17.5 Å². The van der Waals surface area contributed by atoms with Crippen molar-refractivity contribution in [2.24, 2.45) is 0 Å². The van der Waals surface area contributed by atoms with Crippen molar-refractivity contribution in [3.05, 3.63) is 70.3 Å². The predicted octanol–water partition coefficient (Wildman–Crippen LogP) is 3.15. The lowest BCUT2D eigenvalue weighted by molar-refractivity contribution is -0.140. The first-order valence-electron chi connectivity index (χ1n) is 10.5. The second-order valence-electron chi connectivity index (χ2n) is 8.25. The number of benzene rings is 2. The summed E-state index contributed by atoms with van der Waals surface area (Å²) in [6.07, 6.45) is -6.19. The highest BCUT2D eigenvalue weighted by Gasteiger charge is 2.41. The molecule has 2 atom stereocenters. The topological polar surface area (TPSA) is 95.6 Å². The quantitative estimate of drug-likeness (QED) is 0.492. The van der Waals surface area contributed by atoms with E-state index in [1.165, 1.54) is 12.1 Å². The lowest BCUT2D eigenvalue weighted by Gasteiger charge is -2.29. The van der Waals surface area contributed by atoms with Crippen molar-refractivity contribution in [2.75, 3.05) is 0 Å². The molecule has 4 amide bonds. The highest BCUT2D eigenvalue weighted by Crippen LogP contribution is 2.33. The average molecular weight is 495 g/mol. The zero-order chi connectivity index (χ0) is 25.5. The second kappa shape index (κ2) is 9.08. The molecule has 2 aromatic carbocycles. The maximum atomic E-state index is 15.3. The summed E-state index contributed by atoms with van der Waals surface area (Å²) in [6.45, 7) is -0.358. The highest BCUT2D eigenvalue weighted by atomic mass is 19.4. The number of alkyl halides is 3. The number of carbonyl (C=O) groups is 4. The van der Waals surface area contributed by atoms with Gasteiger partial charge in [-0.3, -0.25) is 24.5 Å². The second-order valence-corrected chi connectivity index (χ2v) is 8.25. The molecule has 0 aliphatic carbocycles. The van der Waals surface area contributed by atoms with Crippen molar-refractivity contribution >= 4 is 23.6 Å². The molecule has 2 aromatic rings. The SMILES string of the molecule is O=C1CCC(N2Cc3c(ccc(C(=O)N[C@@H](CC(F)(F)F)c4cccc(F)c4)c3F)C2=O)C(=O)N1. The van der Waals surface area contributed by atoms with Crippen LogP contribution < -0.4 is 10.6 Å². The number of fused-ring (bicyclic) bond motifs is 1. The molecular weight excluding hydrogens is 477 g/mol. The van der Waals surface area contributed by atoms with Gasteiger partial charge in [0.05, 0.1) is 24.6 Å². The molecule has 2 aliphatic rings. The normalized spacial score (nSPS) is 18.8. The van der Waals surface area contributed by atoms with Gasteiger partial charge in [0.1, 0.15) is 17.7 Å². The molecule has 0 bridgehead atoms. The summed E-state index contributed by atoms with van der Waals surface area (Å²) in [6, 6.07) is 3.68. The summed E-state index contributed by atoms with van der Waals surface area (Å²) in [4.78, 5) is 50.1.